The first-order chi connectivity index (χ1) is 7.76. The molecule has 0 radical (unpaired) electrons. The molecule has 1 heterocycles. The van der Waals surface area contributed by atoms with Gasteiger partial charge in [-0.15, -0.1) is 10.0 Å². The molecule has 0 aromatic carbocycles. The van der Waals surface area contributed by atoms with Gasteiger partial charge in [-0.05, 0) is 18.0 Å². The van der Waals surface area contributed by atoms with Gasteiger partial charge in [-0.1, -0.05) is 12.8 Å². The first kappa shape index (κ1) is 10.8. The third kappa shape index (κ3) is 1.82. The van der Waals surface area contributed by atoms with Crippen molar-refractivity contribution in [3.05, 3.63) is 16.7 Å². The number of rotatable bonds is 3. The van der Waals surface area contributed by atoms with E-state index in [-0.39, 0.29) is 11.9 Å². The summed E-state index contributed by atoms with van der Waals surface area (Å²) in [7, 11) is 1.31. The van der Waals surface area contributed by atoms with E-state index in [0.717, 1.165) is 25.7 Å². The zero-order valence-electron chi connectivity index (χ0n) is 9.05. The third-order valence-electron chi connectivity index (χ3n) is 2.88. The van der Waals surface area contributed by atoms with Crippen molar-refractivity contribution in [1.82, 2.24) is 9.78 Å². The zero-order valence-corrected chi connectivity index (χ0v) is 9.05. The topological polar surface area (TPSA) is 73.6 Å². The van der Waals surface area contributed by atoms with Crippen LogP contribution in [0.25, 0.3) is 0 Å². The number of aromatic nitrogens is 2. The number of carbonyl (C=O) groups is 1. The molecular formula is C10H13N3O3. The highest BCUT2D eigenvalue weighted by molar-refractivity contribution is 5.88. The maximum atomic E-state index is 11.5. The van der Waals surface area contributed by atoms with Gasteiger partial charge >= 0.3 is 5.97 Å². The van der Waals surface area contributed by atoms with E-state index in [4.69, 9.17) is 0 Å². The molecule has 6 heteroatoms. The lowest BCUT2D eigenvalue weighted by molar-refractivity contribution is 0.0583. The van der Waals surface area contributed by atoms with Gasteiger partial charge < -0.3 is 4.74 Å². The molecule has 2 rings (SSSR count). The molecule has 0 spiro atoms. The van der Waals surface area contributed by atoms with Gasteiger partial charge in [0.15, 0.2) is 0 Å². The Morgan fingerprint density at radius 2 is 2.25 bits per heavy atom. The highest BCUT2D eigenvalue weighted by atomic mass is 16.5. The maximum Gasteiger partial charge on any atom is 0.356 e. The Balaban J connectivity index is 2.36. The van der Waals surface area contributed by atoms with Crippen molar-refractivity contribution in [3.63, 3.8) is 0 Å². The fourth-order valence-electron chi connectivity index (χ4n) is 2.11. The van der Waals surface area contributed by atoms with Crippen molar-refractivity contribution < 1.29 is 9.53 Å². The highest BCUT2D eigenvalue weighted by Gasteiger charge is 2.24. The number of hydrogen-bond acceptors (Lipinski definition) is 5. The van der Waals surface area contributed by atoms with Gasteiger partial charge in [-0.2, -0.15) is 0 Å². The second-order valence-corrected chi connectivity index (χ2v) is 3.85. The summed E-state index contributed by atoms with van der Waals surface area (Å²) in [5, 5.41) is 6.77. The van der Waals surface area contributed by atoms with Crippen LogP contribution < -0.4 is 0 Å². The van der Waals surface area contributed by atoms with E-state index in [9.17, 15) is 9.70 Å². The quantitative estimate of drug-likeness (QED) is 0.581. The van der Waals surface area contributed by atoms with E-state index >= 15 is 0 Å². The number of carbonyl (C=O) groups excluding carboxylic acids is 1. The van der Waals surface area contributed by atoms with Crippen molar-refractivity contribution in [1.29, 1.82) is 0 Å². The smallest absolute Gasteiger partial charge is 0.356 e. The minimum Gasteiger partial charge on any atom is -0.464 e. The Kier molecular flexibility index (Phi) is 2.98. The van der Waals surface area contributed by atoms with Crippen LogP contribution in [0.2, 0.25) is 0 Å². The SMILES string of the molecule is COC(=O)c1cc(N=O)nn1C1CCCC1. The van der Waals surface area contributed by atoms with Crippen LogP contribution in [0.3, 0.4) is 0 Å². The molecule has 1 aromatic rings. The molecule has 16 heavy (non-hydrogen) atoms. The van der Waals surface area contributed by atoms with E-state index in [1.807, 2.05) is 0 Å². The first-order valence-corrected chi connectivity index (χ1v) is 5.27. The lowest BCUT2D eigenvalue weighted by Gasteiger charge is -2.12. The number of ether oxygens (including phenoxy) is 1. The number of methoxy groups -OCH3 is 1. The second kappa shape index (κ2) is 4.42. The van der Waals surface area contributed by atoms with Crippen molar-refractivity contribution in [2.75, 3.05) is 7.11 Å². The third-order valence-corrected chi connectivity index (χ3v) is 2.88. The molecule has 6 nitrogen and oxygen atoms in total. The average Bonchev–Trinajstić information content (AvgIpc) is 2.95. The van der Waals surface area contributed by atoms with Crippen molar-refractivity contribution >= 4 is 11.8 Å². The maximum absolute atomic E-state index is 11.5. The molecule has 1 fully saturated rings. The van der Waals surface area contributed by atoms with Crippen LogP contribution in [-0.2, 0) is 4.74 Å². The van der Waals surface area contributed by atoms with Gasteiger partial charge in [0.05, 0.1) is 13.2 Å². The molecule has 0 N–H and O–H groups in total. The minimum absolute atomic E-state index is 0.0345. The predicted octanol–water partition coefficient (Wildman–Crippen LogP) is 2.18. The fourth-order valence-corrected chi connectivity index (χ4v) is 2.11. The van der Waals surface area contributed by atoms with Gasteiger partial charge in [0.1, 0.15) is 5.69 Å². The van der Waals surface area contributed by atoms with Crippen LogP contribution in [0.1, 0.15) is 42.2 Å². The van der Waals surface area contributed by atoms with E-state index in [1.165, 1.54) is 13.2 Å². The predicted molar refractivity (Wildman–Crippen MR) is 56.5 cm³/mol. The summed E-state index contributed by atoms with van der Waals surface area (Å²) in [6, 6.07) is 1.56. The second-order valence-electron chi connectivity index (χ2n) is 3.85. The number of nitroso groups, excluding NO2 is 1. The van der Waals surface area contributed by atoms with Gasteiger partial charge in [0.2, 0.25) is 5.82 Å². The average molecular weight is 223 g/mol. The van der Waals surface area contributed by atoms with E-state index < -0.39 is 5.97 Å². The summed E-state index contributed by atoms with van der Waals surface area (Å²) in [4.78, 5) is 21.9. The highest BCUT2D eigenvalue weighted by Crippen LogP contribution is 2.31. The monoisotopic (exact) mass is 223 g/mol. The molecule has 1 saturated carbocycles. The fraction of sp³-hybridized carbons (Fsp3) is 0.600. The Morgan fingerprint density at radius 3 is 2.81 bits per heavy atom. The summed E-state index contributed by atoms with van der Waals surface area (Å²) in [6.07, 6.45) is 4.19. The van der Waals surface area contributed by atoms with E-state index in [1.54, 1.807) is 4.68 Å². The van der Waals surface area contributed by atoms with Crippen LogP contribution in [0, 0.1) is 4.91 Å². The van der Waals surface area contributed by atoms with Crippen molar-refractivity contribution in [2.24, 2.45) is 5.18 Å². The Hall–Kier alpha value is -1.72. The molecule has 1 aromatic heterocycles. The minimum atomic E-state index is -0.477. The lowest BCUT2D eigenvalue weighted by Crippen LogP contribution is -2.15. The Morgan fingerprint density at radius 1 is 1.56 bits per heavy atom. The first-order valence-electron chi connectivity index (χ1n) is 5.27. The molecule has 0 bridgehead atoms. The lowest BCUT2D eigenvalue weighted by atomic mass is 10.2. The molecular weight excluding hydrogens is 210 g/mol. The standard InChI is InChI=1S/C10H13N3O3/c1-16-10(14)8-6-9(12-15)11-13(8)7-4-2-3-5-7/h6-7H,2-5H2,1H3. The molecule has 0 saturated heterocycles. The van der Waals surface area contributed by atoms with Crippen molar-refractivity contribution in [2.45, 2.75) is 31.7 Å². The van der Waals surface area contributed by atoms with Gasteiger partial charge in [0.25, 0.3) is 0 Å². The molecule has 0 amide bonds. The van der Waals surface area contributed by atoms with Crippen LogP contribution in [-0.4, -0.2) is 22.9 Å². The number of nitrogens with zero attached hydrogens (tertiary/aromatic N) is 3. The van der Waals surface area contributed by atoms with Gasteiger partial charge in [-0.3, -0.25) is 4.68 Å². The Bertz CT molecular complexity index is 407. The molecule has 1 aliphatic rings. The summed E-state index contributed by atoms with van der Waals surface area (Å²) < 4.78 is 6.23. The molecule has 0 atom stereocenters. The number of hydrogen-bond donors (Lipinski definition) is 0. The van der Waals surface area contributed by atoms with Crippen LogP contribution in [0.4, 0.5) is 5.82 Å². The summed E-state index contributed by atoms with van der Waals surface area (Å²) >= 11 is 0. The van der Waals surface area contributed by atoms with E-state index in [0.29, 0.717) is 5.69 Å². The molecule has 86 valence electrons. The summed E-state index contributed by atoms with van der Waals surface area (Å²) in [6.45, 7) is 0. The van der Waals surface area contributed by atoms with Gasteiger partial charge in [0, 0.05) is 6.07 Å². The molecule has 0 aliphatic heterocycles. The van der Waals surface area contributed by atoms with E-state index in [2.05, 4.69) is 15.0 Å². The van der Waals surface area contributed by atoms with Crippen LogP contribution >= 0.6 is 0 Å². The Labute approximate surface area is 92.6 Å². The summed E-state index contributed by atoms with van der Waals surface area (Å²) in [5.74, 6) is -0.443. The summed E-state index contributed by atoms with van der Waals surface area (Å²) in [5.41, 5.74) is 0.309. The molecule has 1 aliphatic carbocycles. The largest absolute Gasteiger partial charge is 0.464 e. The zero-order chi connectivity index (χ0) is 11.5. The normalized spacial score (nSPS) is 16.3. The van der Waals surface area contributed by atoms with Crippen LogP contribution in [0.5, 0.6) is 0 Å². The van der Waals surface area contributed by atoms with Crippen molar-refractivity contribution in [3.8, 4) is 0 Å². The van der Waals surface area contributed by atoms with Crippen LogP contribution in [0.15, 0.2) is 11.2 Å². The van der Waals surface area contributed by atoms with Gasteiger partial charge in [-0.25, -0.2) is 4.79 Å². The number of esters is 1. The molecule has 0 unspecified atom stereocenters.